The number of aliphatic hydroxyl groups excluding tert-OH is 1. The van der Waals surface area contributed by atoms with Crippen molar-refractivity contribution in [2.45, 2.75) is 303 Å². The van der Waals surface area contributed by atoms with Crippen LogP contribution in [0.2, 0.25) is 0 Å². The average molecular weight is 1340 g/mol. The van der Waals surface area contributed by atoms with Crippen molar-refractivity contribution < 1.29 is 80.2 Å². The second kappa shape index (κ2) is 65.6. The Morgan fingerprint density at radius 1 is 0.315 bits per heavy atom. The summed E-state index contributed by atoms with van der Waals surface area (Å²) in [6, 6.07) is 0. The molecule has 0 rings (SSSR count). The van der Waals surface area contributed by atoms with Crippen molar-refractivity contribution in [2.75, 3.05) is 39.6 Å². The molecule has 17 nitrogen and oxygen atoms in total. The standard InChI is InChI=1S/C73H126O17P2/c1-5-9-13-17-21-25-29-32-33-36-39-42-46-50-54-58-71(76)84-64-69(90-73(78)60-56-52-48-44-40-35-31-27-23-19-15-11-7-3)66-88-92(81,82)86-62-67(74)61-85-91(79,80)87-65-68(89-72(77)59-55-51-47-43-37-28-24-20-16-12-8-4)63-83-70(75)57-53-49-45-41-38-34-30-26-22-18-14-10-6-2/h9,13-14,18,20-21,24-27,30-33,39,42,67-69,74H,5-8,10-12,15-17,19,22-23,28-29,34-38,40-41,43-66H2,1-4H3,(H,79,80)(H,81,82)/b13-9-,18-14-,24-20-,25-21-,30-26-,31-27-,33-32-,42-39-. The number of unbranched alkanes of at least 4 members (excludes halogenated alkanes) is 24. The van der Waals surface area contributed by atoms with Crippen molar-refractivity contribution in [3.05, 3.63) is 97.2 Å². The van der Waals surface area contributed by atoms with Crippen LogP contribution in [0.3, 0.4) is 0 Å². The normalized spacial score (nSPS) is 14.6. The summed E-state index contributed by atoms with van der Waals surface area (Å²) in [5.74, 6) is -2.25. The Balaban J connectivity index is 5.37. The lowest BCUT2D eigenvalue weighted by Crippen LogP contribution is -2.30. The van der Waals surface area contributed by atoms with Gasteiger partial charge in [-0.3, -0.25) is 37.3 Å². The number of carbonyl (C=O) groups excluding carboxylic acids is 4. The Labute approximate surface area is 557 Å². The number of ether oxygens (including phenoxy) is 4. The lowest BCUT2D eigenvalue weighted by atomic mass is 10.1. The minimum atomic E-state index is -4.98. The lowest BCUT2D eigenvalue weighted by molar-refractivity contribution is -0.161. The van der Waals surface area contributed by atoms with E-state index in [1.807, 2.05) is 0 Å². The molecule has 0 aliphatic rings. The first kappa shape index (κ1) is 88.0. The molecule has 0 aromatic rings. The largest absolute Gasteiger partial charge is 0.472 e. The second-order valence-electron chi connectivity index (χ2n) is 23.4. The third kappa shape index (κ3) is 64.7. The highest BCUT2D eigenvalue weighted by Crippen LogP contribution is 2.45. The Bertz CT molecular complexity index is 2130. The van der Waals surface area contributed by atoms with Crippen LogP contribution in [0.4, 0.5) is 0 Å². The molecule has 3 N–H and O–H groups in total. The van der Waals surface area contributed by atoms with Crippen LogP contribution >= 0.6 is 15.6 Å². The van der Waals surface area contributed by atoms with Gasteiger partial charge < -0.3 is 33.8 Å². The number of hydrogen-bond donors (Lipinski definition) is 3. The van der Waals surface area contributed by atoms with Crippen molar-refractivity contribution in [1.82, 2.24) is 0 Å². The maximum Gasteiger partial charge on any atom is 0.472 e. The lowest BCUT2D eigenvalue weighted by Gasteiger charge is -2.21. The van der Waals surface area contributed by atoms with E-state index in [0.29, 0.717) is 25.7 Å². The van der Waals surface area contributed by atoms with Gasteiger partial charge in [-0.2, -0.15) is 0 Å². The van der Waals surface area contributed by atoms with Gasteiger partial charge >= 0.3 is 39.5 Å². The van der Waals surface area contributed by atoms with Gasteiger partial charge in [0.05, 0.1) is 26.4 Å². The highest BCUT2D eigenvalue weighted by Gasteiger charge is 2.30. The number of esters is 4. The van der Waals surface area contributed by atoms with Crippen molar-refractivity contribution in [3.8, 4) is 0 Å². The number of carbonyl (C=O) groups is 4. The van der Waals surface area contributed by atoms with E-state index in [4.69, 9.17) is 37.0 Å². The van der Waals surface area contributed by atoms with Crippen LogP contribution in [-0.2, 0) is 65.4 Å². The fourth-order valence-corrected chi connectivity index (χ4v) is 10.6. The van der Waals surface area contributed by atoms with Gasteiger partial charge in [0, 0.05) is 25.7 Å². The van der Waals surface area contributed by atoms with Crippen LogP contribution in [0.1, 0.15) is 285 Å². The molecule has 0 heterocycles. The summed E-state index contributed by atoms with van der Waals surface area (Å²) in [5, 5.41) is 10.6. The summed E-state index contributed by atoms with van der Waals surface area (Å²) in [5.41, 5.74) is 0. The van der Waals surface area contributed by atoms with Gasteiger partial charge in [-0.15, -0.1) is 0 Å². The first-order valence-electron chi connectivity index (χ1n) is 35.5. The van der Waals surface area contributed by atoms with Crippen LogP contribution in [-0.4, -0.2) is 96.7 Å². The first-order valence-corrected chi connectivity index (χ1v) is 38.5. The zero-order chi connectivity index (χ0) is 67.5. The van der Waals surface area contributed by atoms with E-state index in [1.165, 1.54) is 38.5 Å². The van der Waals surface area contributed by atoms with Crippen molar-refractivity contribution >= 4 is 39.5 Å². The molecule has 92 heavy (non-hydrogen) atoms. The SMILES string of the molecule is CC/C=C\C/C=C\C/C=C\C/C=C\CCCCC(=O)OCC(COP(=O)(O)OCC(O)COP(=O)(O)OCC(COC(=O)CCCCCCC/C=C\C/C=C\CCC)OC(=O)CCCCCCC/C=C\CCCC)OC(=O)CCCCCCC/C=C\CCCCCC. The number of hydrogen-bond acceptors (Lipinski definition) is 15. The summed E-state index contributed by atoms with van der Waals surface area (Å²) < 4.78 is 68.1. The zero-order valence-electron chi connectivity index (χ0n) is 57.4. The van der Waals surface area contributed by atoms with Crippen molar-refractivity contribution in [1.29, 1.82) is 0 Å². The van der Waals surface area contributed by atoms with Gasteiger partial charge in [0.15, 0.2) is 12.2 Å². The fraction of sp³-hybridized carbons (Fsp3) is 0.726. The Morgan fingerprint density at radius 2 is 0.598 bits per heavy atom. The van der Waals surface area contributed by atoms with E-state index in [2.05, 4.69) is 125 Å². The number of allylic oxidation sites excluding steroid dienone is 16. The minimum absolute atomic E-state index is 0.0752. The molecule has 0 aromatic heterocycles. The van der Waals surface area contributed by atoms with Crippen molar-refractivity contribution in [2.24, 2.45) is 0 Å². The smallest absolute Gasteiger partial charge is 0.462 e. The Hall–Kier alpha value is -4.02. The molecule has 0 aliphatic heterocycles. The topological polar surface area (TPSA) is 237 Å². The molecule has 5 unspecified atom stereocenters. The molecule has 0 fully saturated rings. The maximum absolute atomic E-state index is 13.0. The predicted molar refractivity (Wildman–Crippen MR) is 372 cm³/mol. The van der Waals surface area contributed by atoms with Crippen LogP contribution in [0, 0.1) is 0 Å². The third-order valence-corrected chi connectivity index (χ3v) is 16.4. The highest BCUT2D eigenvalue weighted by molar-refractivity contribution is 7.47. The predicted octanol–water partition coefficient (Wildman–Crippen LogP) is 19.7. The molecule has 530 valence electrons. The van der Waals surface area contributed by atoms with E-state index in [-0.39, 0.29) is 25.7 Å². The van der Waals surface area contributed by atoms with Crippen LogP contribution in [0.5, 0.6) is 0 Å². The van der Waals surface area contributed by atoms with Gasteiger partial charge in [0.25, 0.3) is 0 Å². The van der Waals surface area contributed by atoms with Gasteiger partial charge in [0.1, 0.15) is 19.3 Å². The molecule has 0 saturated carbocycles. The molecular formula is C73H126O17P2. The summed E-state index contributed by atoms with van der Waals surface area (Å²) in [4.78, 5) is 72.5. The number of phosphoric acid groups is 2. The molecular weight excluding hydrogens is 1210 g/mol. The zero-order valence-corrected chi connectivity index (χ0v) is 59.2. The molecule has 0 amide bonds. The molecule has 0 aromatic carbocycles. The van der Waals surface area contributed by atoms with E-state index in [9.17, 15) is 43.2 Å². The van der Waals surface area contributed by atoms with Gasteiger partial charge in [-0.05, 0) is 135 Å². The number of aliphatic hydroxyl groups is 1. The van der Waals surface area contributed by atoms with Crippen LogP contribution in [0.25, 0.3) is 0 Å². The van der Waals surface area contributed by atoms with E-state index >= 15 is 0 Å². The summed E-state index contributed by atoms with van der Waals surface area (Å²) in [6.45, 7) is 4.54. The van der Waals surface area contributed by atoms with Gasteiger partial charge in [0.2, 0.25) is 0 Å². The highest BCUT2D eigenvalue weighted by atomic mass is 31.2. The van der Waals surface area contributed by atoms with E-state index in [1.54, 1.807) is 0 Å². The quantitative estimate of drug-likeness (QED) is 0.0169. The Kier molecular flexibility index (Phi) is 62.8. The van der Waals surface area contributed by atoms with Crippen LogP contribution in [0.15, 0.2) is 97.2 Å². The third-order valence-electron chi connectivity index (χ3n) is 14.5. The maximum atomic E-state index is 13.0. The molecule has 19 heteroatoms. The molecule has 5 atom stereocenters. The van der Waals surface area contributed by atoms with E-state index in [0.717, 1.165) is 167 Å². The minimum Gasteiger partial charge on any atom is -0.462 e. The number of phosphoric ester groups is 2. The summed E-state index contributed by atoms with van der Waals surface area (Å²) in [7, 11) is -9.95. The molecule has 0 radical (unpaired) electrons. The second-order valence-corrected chi connectivity index (χ2v) is 26.3. The molecule has 0 bridgehead atoms. The summed E-state index contributed by atoms with van der Waals surface area (Å²) in [6.07, 6.45) is 65.7. The van der Waals surface area contributed by atoms with E-state index < -0.39 is 97.5 Å². The molecule has 0 aliphatic carbocycles. The first-order chi connectivity index (χ1) is 44.7. The van der Waals surface area contributed by atoms with Crippen LogP contribution < -0.4 is 0 Å². The average Bonchev–Trinajstić information content (AvgIpc) is 2.73. The monoisotopic (exact) mass is 1340 g/mol. The fourth-order valence-electron chi connectivity index (χ4n) is 9.05. The summed E-state index contributed by atoms with van der Waals surface area (Å²) >= 11 is 0. The number of rotatable bonds is 66. The Morgan fingerprint density at radius 3 is 0.978 bits per heavy atom. The molecule has 0 saturated heterocycles. The van der Waals surface area contributed by atoms with Gasteiger partial charge in [-0.25, -0.2) is 9.13 Å². The van der Waals surface area contributed by atoms with Gasteiger partial charge in [-0.1, -0.05) is 221 Å². The van der Waals surface area contributed by atoms with Crippen molar-refractivity contribution in [3.63, 3.8) is 0 Å². The molecule has 0 spiro atoms.